The Morgan fingerprint density at radius 2 is 0.475 bits per heavy atom. The van der Waals surface area contributed by atoms with Crippen LogP contribution < -0.4 is 0 Å². The lowest BCUT2D eigenvalue weighted by molar-refractivity contribution is -0.161. The van der Waals surface area contributed by atoms with Crippen LogP contribution in [0.25, 0.3) is 0 Å². The van der Waals surface area contributed by atoms with E-state index in [0.717, 1.165) is 114 Å². The third-order valence-electron chi connectivity index (χ3n) is 19.4. The van der Waals surface area contributed by atoms with Crippen LogP contribution in [0.2, 0.25) is 0 Å². The molecule has 0 aromatic heterocycles. The largest absolute Gasteiger partial charge is 0.472 e. The molecular formula is C82H160O17P2. The van der Waals surface area contributed by atoms with Gasteiger partial charge in [0, 0.05) is 25.7 Å². The average molecular weight is 1480 g/mol. The van der Waals surface area contributed by atoms with Gasteiger partial charge in [0.15, 0.2) is 12.2 Å². The minimum Gasteiger partial charge on any atom is -0.462 e. The highest BCUT2D eigenvalue weighted by molar-refractivity contribution is 7.47. The smallest absolute Gasteiger partial charge is 0.462 e. The summed E-state index contributed by atoms with van der Waals surface area (Å²) in [5.41, 5.74) is 0. The van der Waals surface area contributed by atoms with Crippen LogP contribution in [0, 0.1) is 23.7 Å². The molecule has 4 unspecified atom stereocenters. The summed E-state index contributed by atoms with van der Waals surface area (Å²) in [6.45, 7) is 14.2. The molecule has 0 saturated carbocycles. The van der Waals surface area contributed by atoms with Gasteiger partial charge < -0.3 is 33.8 Å². The summed E-state index contributed by atoms with van der Waals surface area (Å²) in [4.78, 5) is 72.9. The van der Waals surface area contributed by atoms with Crippen LogP contribution >= 0.6 is 15.6 Å². The maximum absolute atomic E-state index is 13.1. The van der Waals surface area contributed by atoms with Gasteiger partial charge in [-0.05, 0) is 49.4 Å². The van der Waals surface area contributed by atoms with Crippen molar-refractivity contribution in [3.63, 3.8) is 0 Å². The van der Waals surface area contributed by atoms with Crippen LogP contribution in [0.4, 0.5) is 0 Å². The quantitative estimate of drug-likeness (QED) is 0.0222. The molecule has 6 atom stereocenters. The molecule has 101 heavy (non-hydrogen) atoms. The molecule has 0 aromatic rings. The van der Waals surface area contributed by atoms with Gasteiger partial charge in [-0.15, -0.1) is 0 Å². The zero-order valence-electron chi connectivity index (χ0n) is 66.5. The van der Waals surface area contributed by atoms with Crippen molar-refractivity contribution in [1.29, 1.82) is 0 Å². The molecule has 19 heteroatoms. The molecule has 0 aliphatic rings. The van der Waals surface area contributed by atoms with E-state index in [1.54, 1.807) is 0 Å². The molecule has 0 rings (SSSR count). The first-order valence-electron chi connectivity index (χ1n) is 42.2. The Balaban J connectivity index is 5.15. The van der Waals surface area contributed by atoms with E-state index in [1.807, 2.05) is 0 Å². The van der Waals surface area contributed by atoms with E-state index < -0.39 is 97.5 Å². The summed E-state index contributed by atoms with van der Waals surface area (Å²) in [6, 6.07) is 0. The molecule has 0 aromatic carbocycles. The molecule has 17 nitrogen and oxygen atoms in total. The number of unbranched alkanes of at least 4 members (excludes halogenated alkanes) is 44. The Morgan fingerprint density at radius 1 is 0.277 bits per heavy atom. The maximum atomic E-state index is 13.1. The first-order chi connectivity index (χ1) is 48.6. The fourth-order valence-corrected chi connectivity index (χ4v) is 14.2. The van der Waals surface area contributed by atoms with Gasteiger partial charge in [0.25, 0.3) is 0 Å². The molecule has 0 fully saturated rings. The van der Waals surface area contributed by atoms with E-state index in [9.17, 15) is 43.2 Å². The summed E-state index contributed by atoms with van der Waals surface area (Å²) >= 11 is 0. The van der Waals surface area contributed by atoms with Crippen molar-refractivity contribution >= 4 is 39.5 Å². The number of aliphatic hydroxyl groups excluding tert-OH is 1. The number of carbonyl (C=O) groups excluding carboxylic acids is 4. The lowest BCUT2D eigenvalue weighted by atomic mass is 9.99. The summed E-state index contributed by atoms with van der Waals surface area (Å²) in [6.07, 6.45) is 58.6. The first-order valence-corrected chi connectivity index (χ1v) is 45.2. The molecule has 600 valence electrons. The molecule has 0 spiro atoms. The fourth-order valence-electron chi connectivity index (χ4n) is 12.6. The Kier molecular flexibility index (Phi) is 69.6. The molecule has 0 heterocycles. The molecule has 0 bridgehead atoms. The fraction of sp³-hybridized carbons (Fsp3) is 0.951. The van der Waals surface area contributed by atoms with Gasteiger partial charge in [0.05, 0.1) is 26.4 Å². The number of carbonyl (C=O) groups is 4. The Hall–Kier alpha value is -1.94. The van der Waals surface area contributed by atoms with Crippen LogP contribution in [0.15, 0.2) is 0 Å². The predicted octanol–water partition coefficient (Wildman–Crippen LogP) is 24.4. The van der Waals surface area contributed by atoms with E-state index in [2.05, 4.69) is 55.4 Å². The second kappa shape index (κ2) is 71.0. The molecular weight excluding hydrogens is 1320 g/mol. The van der Waals surface area contributed by atoms with Crippen molar-refractivity contribution in [3.8, 4) is 0 Å². The number of hydrogen-bond acceptors (Lipinski definition) is 15. The molecule has 0 radical (unpaired) electrons. The summed E-state index contributed by atoms with van der Waals surface area (Å²) in [5.74, 6) is 0.969. The van der Waals surface area contributed by atoms with Crippen LogP contribution in [-0.4, -0.2) is 96.7 Å². The second-order valence-electron chi connectivity index (χ2n) is 31.2. The summed E-state index contributed by atoms with van der Waals surface area (Å²) in [7, 11) is -9.92. The highest BCUT2D eigenvalue weighted by atomic mass is 31.2. The topological polar surface area (TPSA) is 237 Å². The molecule has 0 aliphatic carbocycles. The van der Waals surface area contributed by atoms with Crippen molar-refractivity contribution in [2.45, 2.75) is 440 Å². The molecule has 0 saturated heterocycles. The van der Waals surface area contributed by atoms with Gasteiger partial charge >= 0.3 is 39.5 Å². The third-order valence-corrected chi connectivity index (χ3v) is 21.3. The molecule has 3 N–H and O–H groups in total. The molecule has 0 amide bonds. The summed E-state index contributed by atoms with van der Waals surface area (Å²) in [5, 5.41) is 10.6. The SMILES string of the molecule is CCC(C)CCCCCCCCCCCCCCCCCCCCC(=O)O[C@H](COC(=O)CCCCCCCCCCC(C)C)COP(=O)(O)OCC(O)COP(=O)(O)OC[C@@H](COC(=O)CCCCCCCCC(C)C)OC(=O)CCCCCCCCCCCCCCCCCCC(C)C. The van der Waals surface area contributed by atoms with Crippen LogP contribution in [0.1, 0.15) is 421 Å². The number of hydrogen-bond donors (Lipinski definition) is 3. The lowest BCUT2D eigenvalue weighted by Crippen LogP contribution is -2.30. The minimum absolute atomic E-state index is 0.107. The summed E-state index contributed by atoms with van der Waals surface area (Å²) < 4.78 is 68.7. The molecule has 0 aliphatic heterocycles. The van der Waals surface area contributed by atoms with E-state index in [4.69, 9.17) is 37.0 Å². The van der Waals surface area contributed by atoms with E-state index in [1.165, 1.54) is 218 Å². The van der Waals surface area contributed by atoms with Crippen LogP contribution in [-0.2, 0) is 65.4 Å². The number of phosphoric acid groups is 2. The average Bonchev–Trinajstić information content (AvgIpc) is 1.11. The van der Waals surface area contributed by atoms with E-state index in [0.29, 0.717) is 31.6 Å². The monoisotopic (exact) mass is 1480 g/mol. The predicted molar refractivity (Wildman–Crippen MR) is 414 cm³/mol. The number of aliphatic hydroxyl groups is 1. The van der Waals surface area contributed by atoms with Crippen molar-refractivity contribution in [2.75, 3.05) is 39.6 Å². The Bertz CT molecular complexity index is 1970. The zero-order valence-corrected chi connectivity index (χ0v) is 68.3. The van der Waals surface area contributed by atoms with Crippen molar-refractivity contribution in [2.24, 2.45) is 23.7 Å². The van der Waals surface area contributed by atoms with Crippen molar-refractivity contribution in [3.05, 3.63) is 0 Å². The standard InChI is InChI=1S/C82H160O17P2/c1-9-75(8)61-53-45-36-29-25-21-17-12-10-11-13-18-22-26-30-38-48-56-64-81(86)98-77(68-92-79(84)62-54-46-37-33-32-35-43-51-59-73(4)5)70-96-100(88,89)94-66-76(83)67-95-101(90,91)97-71-78(69-93-80(85)63-55-47-41-40-44-52-60-74(6)7)99-82(87)65-57-49-39-31-27-23-19-15-14-16-20-24-28-34-42-50-58-72(2)3/h72-78,83H,9-71H2,1-8H3,(H,88,89)(H,90,91)/t75?,76?,77-,78-/m1/s1. The third kappa shape index (κ3) is 74.7. The number of esters is 4. The van der Waals surface area contributed by atoms with Gasteiger partial charge in [0.2, 0.25) is 0 Å². The van der Waals surface area contributed by atoms with Crippen molar-refractivity contribution in [1.82, 2.24) is 0 Å². The van der Waals surface area contributed by atoms with Gasteiger partial charge in [0.1, 0.15) is 19.3 Å². The number of ether oxygens (including phenoxy) is 4. The normalized spacial score (nSPS) is 14.3. The Labute approximate surface area is 619 Å². The minimum atomic E-state index is -4.96. The lowest BCUT2D eigenvalue weighted by Gasteiger charge is -2.21. The highest BCUT2D eigenvalue weighted by Gasteiger charge is 2.30. The first kappa shape index (κ1) is 99.1. The van der Waals surface area contributed by atoms with Crippen LogP contribution in [0.5, 0.6) is 0 Å². The van der Waals surface area contributed by atoms with Crippen LogP contribution in [0.3, 0.4) is 0 Å². The number of phosphoric ester groups is 2. The maximum Gasteiger partial charge on any atom is 0.472 e. The van der Waals surface area contributed by atoms with Gasteiger partial charge in [-0.1, -0.05) is 370 Å². The van der Waals surface area contributed by atoms with Gasteiger partial charge in [-0.3, -0.25) is 37.3 Å². The zero-order chi connectivity index (χ0) is 74.6. The van der Waals surface area contributed by atoms with Gasteiger partial charge in [-0.25, -0.2) is 9.13 Å². The number of rotatable bonds is 79. The highest BCUT2D eigenvalue weighted by Crippen LogP contribution is 2.45. The Morgan fingerprint density at radius 3 is 0.703 bits per heavy atom. The van der Waals surface area contributed by atoms with E-state index in [-0.39, 0.29) is 25.7 Å². The van der Waals surface area contributed by atoms with E-state index >= 15 is 0 Å². The van der Waals surface area contributed by atoms with Crippen molar-refractivity contribution < 1.29 is 80.2 Å². The second-order valence-corrected chi connectivity index (χ2v) is 34.1. The van der Waals surface area contributed by atoms with Gasteiger partial charge in [-0.2, -0.15) is 0 Å².